The molecule has 1 atom stereocenters. The Morgan fingerprint density at radius 1 is 1.30 bits per heavy atom. The molecule has 0 radical (unpaired) electrons. The number of nitrogens with zero attached hydrogens (tertiary/aromatic N) is 1. The quantitative estimate of drug-likeness (QED) is 0.199. The summed E-state index contributed by atoms with van der Waals surface area (Å²) in [4.78, 5) is 31.8. The summed E-state index contributed by atoms with van der Waals surface area (Å²) in [6.45, 7) is 7.50. The minimum Gasteiger partial charge on any atom is -0.395 e. The number of rotatable bonds is 9. The van der Waals surface area contributed by atoms with E-state index in [0.717, 1.165) is 11.1 Å². The fourth-order valence-corrected chi connectivity index (χ4v) is 4.77. The SMILES string of the molecule is CC1=C(Nc2nc(Cc3ccc(NC(=O)NCCO)cc3)[nH]c(=O)c2C(=N)C(C)C)C(Cl)=CC(C)(Cl)C1. The number of aliphatic hydroxyl groups is 1. The zero-order chi connectivity index (χ0) is 27.3. The summed E-state index contributed by atoms with van der Waals surface area (Å²) in [6.07, 6.45) is 2.64. The molecule has 0 aliphatic heterocycles. The molecule has 1 unspecified atom stereocenters. The molecule has 3 rings (SSSR count). The first-order valence-electron chi connectivity index (χ1n) is 11.9. The number of amides is 2. The van der Waals surface area contributed by atoms with Crippen LogP contribution in [0.1, 0.15) is 51.1 Å². The van der Waals surface area contributed by atoms with Crippen LogP contribution in [0, 0.1) is 11.3 Å². The van der Waals surface area contributed by atoms with Gasteiger partial charge in [-0.1, -0.05) is 37.6 Å². The molecule has 1 aromatic heterocycles. The molecule has 37 heavy (non-hydrogen) atoms. The van der Waals surface area contributed by atoms with Gasteiger partial charge in [0.2, 0.25) is 0 Å². The maximum atomic E-state index is 13.1. The average Bonchev–Trinajstić information content (AvgIpc) is 2.80. The number of aromatic amines is 1. The number of aliphatic hydroxyl groups excluding tert-OH is 1. The van der Waals surface area contributed by atoms with E-state index in [0.29, 0.717) is 35.1 Å². The molecule has 1 heterocycles. The van der Waals surface area contributed by atoms with Crippen molar-refractivity contribution >= 4 is 46.4 Å². The first kappa shape index (κ1) is 28.4. The summed E-state index contributed by atoms with van der Waals surface area (Å²) >= 11 is 13.0. The molecule has 6 N–H and O–H groups in total. The van der Waals surface area contributed by atoms with Gasteiger partial charge in [0.25, 0.3) is 5.56 Å². The van der Waals surface area contributed by atoms with Crippen LogP contribution in [-0.2, 0) is 6.42 Å². The number of H-pyrrole nitrogens is 1. The van der Waals surface area contributed by atoms with Crippen LogP contribution in [0.2, 0.25) is 0 Å². The van der Waals surface area contributed by atoms with Crippen LogP contribution in [-0.4, -0.2) is 44.8 Å². The van der Waals surface area contributed by atoms with Crippen LogP contribution in [0.25, 0.3) is 0 Å². The monoisotopic (exact) mass is 546 g/mol. The van der Waals surface area contributed by atoms with Gasteiger partial charge in [-0.3, -0.25) is 4.79 Å². The third-order valence-electron chi connectivity index (χ3n) is 5.74. The molecule has 1 aliphatic carbocycles. The molecule has 9 nitrogen and oxygen atoms in total. The number of halogens is 2. The van der Waals surface area contributed by atoms with Gasteiger partial charge in [-0.05, 0) is 55.5 Å². The van der Waals surface area contributed by atoms with E-state index >= 15 is 0 Å². The number of nitrogens with one attached hydrogen (secondary N) is 5. The first-order chi connectivity index (χ1) is 17.4. The van der Waals surface area contributed by atoms with E-state index in [4.69, 9.17) is 33.7 Å². The van der Waals surface area contributed by atoms with Crippen molar-refractivity contribution in [3.8, 4) is 0 Å². The molecule has 2 aromatic rings. The van der Waals surface area contributed by atoms with Gasteiger partial charge in [0.1, 0.15) is 17.2 Å². The van der Waals surface area contributed by atoms with E-state index in [9.17, 15) is 9.59 Å². The van der Waals surface area contributed by atoms with Crippen LogP contribution < -0.4 is 21.5 Å². The van der Waals surface area contributed by atoms with Gasteiger partial charge in [0, 0.05) is 18.7 Å². The Bertz CT molecular complexity index is 1300. The molecular formula is C26H32Cl2N6O3. The summed E-state index contributed by atoms with van der Waals surface area (Å²) < 4.78 is 0. The second-order valence-corrected chi connectivity index (χ2v) is 10.8. The molecule has 0 saturated carbocycles. The summed E-state index contributed by atoms with van der Waals surface area (Å²) in [7, 11) is 0. The fourth-order valence-electron chi connectivity index (χ4n) is 3.96. The third kappa shape index (κ3) is 7.44. The standard InChI is InChI=1S/C26H32Cl2N6O3/c1-14(2)21(29)20-23(34-22-15(3)12-26(4,28)13-18(22)27)32-19(33-24(20)36)11-16-5-7-17(8-6-16)31-25(37)30-9-10-35/h5-8,13-14,29,35H,9-12H2,1-4H3,(H2,30,31,37)(H2,32,33,34,36). The number of alkyl halides is 1. The second-order valence-electron chi connectivity index (χ2n) is 9.51. The van der Waals surface area contributed by atoms with E-state index in [1.165, 1.54) is 0 Å². The largest absolute Gasteiger partial charge is 0.395 e. The van der Waals surface area contributed by atoms with Crippen LogP contribution in [0.5, 0.6) is 0 Å². The zero-order valence-electron chi connectivity index (χ0n) is 21.3. The highest BCUT2D eigenvalue weighted by Gasteiger charge is 2.28. The lowest BCUT2D eigenvalue weighted by atomic mass is 9.93. The van der Waals surface area contributed by atoms with Crippen LogP contribution in [0.4, 0.5) is 16.3 Å². The van der Waals surface area contributed by atoms with Crippen LogP contribution in [0.15, 0.2) is 51.4 Å². The van der Waals surface area contributed by atoms with Gasteiger partial charge in [-0.25, -0.2) is 9.78 Å². The van der Waals surface area contributed by atoms with Gasteiger partial charge in [0.15, 0.2) is 0 Å². The van der Waals surface area contributed by atoms with Gasteiger partial charge in [0.05, 0.1) is 27.9 Å². The number of benzene rings is 1. The van der Waals surface area contributed by atoms with Crippen molar-refractivity contribution < 1.29 is 9.90 Å². The minimum atomic E-state index is -0.604. The lowest BCUT2D eigenvalue weighted by Crippen LogP contribution is -2.30. The summed E-state index contributed by atoms with van der Waals surface area (Å²) in [6, 6.07) is 6.68. The fraction of sp³-hybridized carbons (Fsp3) is 0.385. The van der Waals surface area contributed by atoms with Crippen LogP contribution >= 0.6 is 23.2 Å². The van der Waals surface area contributed by atoms with Crippen molar-refractivity contribution in [1.82, 2.24) is 15.3 Å². The highest BCUT2D eigenvalue weighted by Crippen LogP contribution is 2.37. The molecule has 0 fully saturated rings. The topological polar surface area (TPSA) is 143 Å². The Kier molecular flexibility index (Phi) is 9.17. The van der Waals surface area contributed by atoms with E-state index < -0.39 is 16.5 Å². The van der Waals surface area contributed by atoms with E-state index in [1.807, 2.05) is 39.8 Å². The lowest BCUT2D eigenvalue weighted by Gasteiger charge is -2.27. The van der Waals surface area contributed by atoms with E-state index in [2.05, 4.69) is 25.9 Å². The first-order valence-corrected chi connectivity index (χ1v) is 12.7. The van der Waals surface area contributed by atoms with Crippen LogP contribution in [0.3, 0.4) is 0 Å². The summed E-state index contributed by atoms with van der Waals surface area (Å²) in [5, 5.41) is 26.2. The number of aromatic nitrogens is 2. The number of allylic oxidation sites excluding steroid dienone is 3. The van der Waals surface area contributed by atoms with Crippen molar-refractivity contribution in [2.45, 2.75) is 45.4 Å². The highest BCUT2D eigenvalue weighted by atomic mass is 35.5. The molecule has 198 valence electrons. The van der Waals surface area contributed by atoms with Gasteiger partial charge in [-0.2, -0.15) is 0 Å². The Labute approximate surface area is 225 Å². The number of urea groups is 1. The number of hydrogen-bond acceptors (Lipinski definition) is 6. The second kappa shape index (κ2) is 11.9. The maximum Gasteiger partial charge on any atom is 0.319 e. The van der Waals surface area contributed by atoms with Gasteiger partial charge < -0.3 is 31.5 Å². The molecule has 1 aliphatic rings. The molecule has 11 heteroatoms. The number of carbonyl (C=O) groups excluding carboxylic acids is 1. The lowest BCUT2D eigenvalue weighted by molar-refractivity contribution is 0.245. The van der Waals surface area contributed by atoms with Gasteiger partial charge >= 0.3 is 6.03 Å². The highest BCUT2D eigenvalue weighted by molar-refractivity contribution is 6.34. The molecule has 0 spiro atoms. The van der Waals surface area contributed by atoms with Crippen molar-refractivity contribution in [3.05, 3.63) is 73.9 Å². The third-order valence-corrected chi connectivity index (χ3v) is 6.28. The summed E-state index contributed by atoms with van der Waals surface area (Å²) in [5.41, 5.74) is 2.88. The predicted octanol–water partition coefficient (Wildman–Crippen LogP) is 4.71. The average molecular weight is 547 g/mol. The molecule has 0 saturated heterocycles. The Hall–Kier alpha value is -3.14. The Morgan fingerprint density at radius 2 is 1.97 bits per heavy atom. The molecule has 1 aromatic carbocycles. The Balaban J connectivity index is 1.91. The van der Waals surface area contributed by atoms with E-state index in [-0.39, 0.29) is 36.2 Å². The minimum absolute atomic E-state index is 0.144. The normalized spacial score (nSPS) is 17.5. The van der Waals surface area contributed by atoms with Crippen molar-refractivity contribution in [2.24, 2.45) is 5.92 Å². The van der Waals surface area contributed by atoms with Crippen molar-refractivity contribution in [3.63, 3.8) is 0 Å². The zero-order valence-corrected chi connectivity index (χ0v) is 22.8. The molecule has 0 bridgehead atoms. The molecule has 2 amide bonds. The smallest absolute Gasteiger partial charge is 0.319 e. The Morgan fingerprint density at radius 3 is 2.57 bits per heavy atom. The van der Waals surface area contributed by atoms with Gasteiger partial charge in [-0.15, -0.1) is 11.6 Å². The maximum absolute atomic E-state index is 13.1. The molecular weight excluding hydrogens is 515 g/mol. The van der Waals surface area contributed by atoms with Crippen molar-refractivity contribution in [2.75, 3.05) is 23.8 Å². The summed E-state index contributed by atoms with van der Waals surface area (Å²) in [5.74, 6) is 0.475. The number of hydrogen-bond donors (Lipinski definition) is 6. The number of carbonyl (C=O) groups is 1. The van der Waals surface area contributed by atoms with Crippen molar-refractivity contribution in [1.29, 1.82) is 5.41 Å². The predicted molar refractivity (Wildman–Crippen MR) is 149 cm³/mol. The van der Waals surface area contributed by atoms with E-state index in [1.54, 1.807) is 18.2 Å². The number of anilines is 2.